The number of anilines is 1. The van der Waals surface area contributed by atoms with Gasteiger partial charge in [0.15, 0.2) is 5.13 Å². The number of rotatable bonds is 3. The van der Waals surface area contributed by atoms with Crippen LogP contribution in [0.25, 0.3) is 11.3 Å². The zero-order valence-electron chi connectivity index (χ0n) is 12.5. The lowest BCUT2D eigenvalue weighted by Gasteiger charge is -2.07. The zero-order chi connectivity index (χ0) is 18.0. The van der Waals surface area contributed by atoms with Gasteiger partial charge < -0.3 is 0 Å². The molecule has 0 spiro atoms. The van der Waals surface area contributed by atoms with Crippen LogP contribution in [-0.2, 0) is 6.18 Å². The monoisotopic (exact) mass is 366 g/mol. The Morgan fingerprint density at radius 3 is 2.56 bits per heavy atom. The van der Waals surface area contributed by atoms with Crippen LogP contribution in [0.2, 0.25) is 0 Å². The largest absolute Gasteiger partial charge is 0.416 e. The summed E-state index contributed by atoms with van der Waals surface area (Å²) >= 11 is 1.04. The topological polar surface area (TPSA) is 42.0 Å². The van der Waals surface area contributed by atoms with Gasteiger partial charge in [-0.3, -0.25) is 10.1 Å². The summed E-state index contributed by atoms with van der Waals surface area (Å²) < 4.78 is 51.9. The molecule has 0 saturated heterocycles. The van der Waals surface area contributed by atoms with E-state index in [9.17, 15) is 22.4 Å². The van der Waals surface area contributed by atoms with Gasteiger partial charge in [-0.1, -0.05) is 24.3 Å². The van der Waals surface area contributed by atoms with Gasteiger partial charge >= 0.3 is 6.18 Å². The van der Waals surface area contributed by atoms with E-state index >= 15 is 0 Å². The standard InChI is InChI=1S/C17H10F4N2OS/c18-13-7-2-1-6-12(13)15(24)23-16-22-14(9-25-16)10-4-3-5-11(8-10)17(19,20)21/h1-9H,(H,22,23,24). The van der Waals surface area contributed by atoms with E-state index in [-0.39, 0.29) is 16.3 Å². The number of carbonyl (C=O) groups excluding carboxylic acids is 1. The Balaban J connectivity index is 1.82. The second-order valence-corrected chi connectivity index (χ2v) is 5.91. The first-order chi connectivity index (χ1) is 11.8. The van der Waals surface area contributed by atoms with Crippen molar-refractivity contribution in [3.8, 4) is 11.3 Å². The molecule has 0 aliphatic carbocycles. The third-order valence-corrected chi connectivity index (χ3v) is 4.09. The number of benzene rings is 2. The Morgan fingerprint density at radius 2 is 1.84 bits per heavy atom. The highest BCUT2D eigenvalue weighted by Crippen LogP contribution is 2.33. The first kappa shape index (κ1) is 17.1. The van der Waals surface area contributed by atoms with Crippen molar-refractivity contribution in [2.45, 2.75) is 6.18 Å². The molecule has 0 fully saturated rings. The normalized spacial score (nSPS) is 11.4. The minimum atomic E-state index is -4.45. The smallest absolute Gasteiger partial charge is 0.298 e. The zero-order valence-corrected chi connectivity index (χ0v) is 13.3. The molecule has 3 nitrogen and oxygen atoms in total. The lowest BCUT2D eigenvalue weighted by molar-refractivity contribution is -0.137. The van der Waals surface area contributed by atoms with Crippen LogP contribution >= 0.6 is 11.3 Å². The van der Waals surface area contributed by atoms with E-state index in [4.69, 9.17) is 0 Å². The van der Waals surface area contributed by atoms with Crippen molar-refractivity contribution in [2.24, 2.45) is 0 Å². The number of alkyl halides is 3. The van der Waals surface area contributed by atoms with Crippen molar-refractivity contribution in [3.05, 3.63) is 70.9 Å². The molecule has 3 rings (SSSR count). The predicted octanol–water partition coefficient (Wildman–Crippen LogP) is 5.22. The van der Waals surface area contributed by atoms with Crippen LogP contribution in [-0.4, -0.2) is 10.9 Å². The molecule has 8 heteroatoms. The number of hydrogen-bond donors (Lipinski definition) is 1. The summed E-state index contributed by atoms with van der Waals surface area (Å²) in [7, 11) is 0. The molecule has 0 aliphatic heterocycles. The SMILES string of the molecule is O=C(Nc1nc(-c2cccc(C(F)(F)F)c2)cs1)c1ccccc1F. The van der Waals surface area contributed by atoms with Crippen LogP contribution in [0.1, 0.15) is 15.9 Å². The molecule has 0 atom stereocenters. The number of nitrogens with zero attached hydrogens (tertiary/aromatic N) is 1. The summed E-state index contributed by atoms with van der Waals surface area (Å²) in [6.45, 7) is 0. The summed E-state index contributed by atoms with van der Waals surface area (Å²) in [6.07, 6.45) is -4.45. The minimum Gasteiger partial charge on any atom is -0.298 e. The number of halogens is 4. The summed E-state index contributed by atoms with van der Waals surface area (Å²) in [6, 6.07) is 10.2. The van der Waals surface area contributed by atoms with E-state index < -0.39 is 23.5 Å². The average Bonchev–Trinajstić information content (AvgIpc) is 3.03. The molecule has 1 N–H and O–H groups in total. The summed E-state index contributed by atoms with van der Waals surface area (Å²) in [5.74, 6) is -1.35. The Kier molecular flexibility index (Phi) is 4.54. The number of thiazole rings is 1. The summed E-state index contributed by atoms with van der Waals surface area (Å²) in [4.78, 5) is 16.1. The third-order valence-electron chi connectivity index (χ3n) is 3.33. The van der Waals surface area contributed by atoms with E-state index in [0.29, 0.717) is 5.69 Å². The molecule has 0 radical (unpaired) electrons. The van der Waals surface area contributed by atoms with Gasteiger partial charge in [-0.25, -0.2) is 9.37 Å². The van der Waals surface area contributed by atoms with Gasteiger partial charge in [0.05, 0.1) is 16.8 Å². The second kappa shape index (κ2) is 6.64. The molecule has 1 heterocycles. The van der Waals surface area contributed by atoms with Gasteiger partial charge in [0.25, 0.3) is 5.91 Å². The molecular weight excluding hydrogens is 356 g/mol. The van der Waals surface area contributed by atoms with Crippen LogP contribution in [0.4, 0.5) is 22.7 Å². The van der Waals surface area contributed by atoms with Crippen molar-refractivity contribution in [1.82, 2.24) is 4.98 Å². The number of amides is 1. The number of hydrogen-bond acceptors (Lipinski definition) is 3. The van der Waals surface area contributed by atoms with Crippen molar-refractivity contribution in [2.75, 3.05) is 5.32 Å². The van der Waals surface area contributed by atoms with E-state index in [0.717, 1.165) is 29.5 Å². The van der Waals surface area contributed by atoms with Gasteiger partial charge in [0.2, 0.25) is 0 Å². The number of carbonyl (C=O) groups is 1. The fourth-order valence-corrected chi connectivity index (χ4v) is 2.84. The maximum absolute atomic E-state index is 13.6. The lowest BCUT2D eigenvalue weighted by Crippen LogP contribution is -2.13. The molecular formula is C17H10F4N2OS. The van der Waals surface area contributed by atoms with Crippen molar-refractivity contribution in [3.63, 3.8) is 0 Å². The van der Waals surface area contributed by atoms with Gasteiger partial charge in [-0.15, -0.1) is 11.3 Å². The third kappa shape index (κ3) is 3.85. The van der Waals surface area contributed by atoms with Crippen LogP contribution in [0.5, 0.6) is 0 Å². The molecule has 0 saturated carbocycles. The van der Waals surface area contributed by atoms with E-state index in [1.807, 2.05) is 0 Å². The molecule has 1 aromatic heterocycles. The molecule has 25 heavy (non-hydrogen) atoms. The molecule has 128 valence electrons. The summed E-state index contributed by atoms with van der Waals surface area (Å²) in [5.41, 5.74) is -0.356. The second-order valence-electron chi connectivity index (χ2n) is 5.05. The molecule has 2 aromatic carbocycles. The maximum atomic E-state index is 13.6. The van der Waals surface area contributed by atoms with Gasteiger partial charge in [0.1, 0.15) is 5.82 Å². The summed E-state index contributed by atoms with van der Waals surface area (Å²) in [5, 5.41) is 4.13. The van der Waals surface area contributed by atoms with Crippen molar-refractivity contribution < 1.29 is 22.4 Å². The molecule has 0 aliphatic rings. The van der Waals surface area contributed by atoms with E-state index in [1.54, 1.807) is 0 Å². The quantitative estimate of drug-likeness (QED) is 0.646. The first-order valence-corrected chi connectivity index (χ1v) is 7.91. The van der Waals surface area contributed by atoms with Crippen LogP contribution in [0, 0.1) is 5.82 Å². The van der Waals surface area contributed by atoms with Gasteiger partial charge in [-0.05, 0) is 24.3 Å². The molecule has 0 unspecified atom stereocenters. The van der Waals surface area contributed by atoms with E-state index in [1.165, 1.54) is 35.7 Å². The fourth-order valence-electron chi connectivity index (χ4n) is 2.13. The predicted molar refractivity (Wildman–Crippen MR) is 86.9 cm³/mol. The maximum Gasteiger partial charge on any atom is 0.416 e. The number of nitrogens with one attached hydrogen (secondary N) is 1. The molecule has 3 aromatic rings. The van der Waals surface area contributed by atoms with Gasteiger partial charge in [0, 0.05) is 10.9 Å². The Labute approximate surface area is 144 Å². The first-order valence-electron chi connectivity index (χ1n) is 7.03. The van der Waals surface area contributed by atoms with E-state index in [2.05, 4.69) is 10.3 Å². The average molecular weight is 366 g/mol. The fraction of sp³-hybridized carbons (Fsp3) is 0.0588. The Hall–Kier alpha value is -2.74. The van der Waals surface area contributed by atoms with Crippen molar-refractivity contribution >= 4 is 22.4 Å². The van der Waals surface area contributed by atoms with Crippen LogP contribution in [0.3, 0.4) is 0 Å². The Morgan fingerprint density at radius 1 is 1.08 bits per heavy atom. The van der Waals surface area contributed by atoms with Crippen LogP contribution < -0.4 is 5.32 Å². The lowest BCUT2D eigenvalue weighted by atomic mass is 10.1. The highest BCUT2D eigenvalue weighted by molar-refractivity contribution is 7.14. The Bertz CT molecular complexity index is 921. The van der Waals surface area contributed by atoms with Gasteiger partial charge in [-0.2, -0.15) is 13.2 Å². The molecule has 0 bridgehead atoms. The highest BCUT2D eigenvalue weighted by Gasteiger charge is 2.30. The van der Waals surface area contributed by atoms with Crippen molar-refractivity contribution in [1.29, 1.82) is 0 Å². The minimum absolute atomic E-state index is 0.140. The van der Waals surface area contributed by atoms with Crippen LogP contribution in [0.15, 0.2) is 53.9 Å². The molecule has 1 amide bonds. The number of aromatic nitrogens is 1. The highest BCUT2D eigenvalue weighted by atomic mass is 32.1.